The normalized spacial score (nSPS) is 16.8. The zero-order valence-corrected chi connectivity index (χ0v) is 24.2. The molecule has 0 spiro atoms. The number of nitrogens with zero attached hydrogens (tertiary/aromatic N) is 3. The van der Waals surface area contributed by atoms with Crippen molar-refractivity contribution in [2.24, 2.45) is 5.73 Å². The maximum Gasteiger partial charge on any atom is 0.127 e. The Morgan fingerprint density at radius 1 is 1.11 bits per heavy atom. The molecule has 0 fully saturated rings. The van der Waals surface area contributed by atoms with Gasteiger partial charge in [0.2, 0.25) is 0 Å². The standard InChI is InChI=1S/C30H47N5OSi/c1-4-37(5-2,6-3)22-21-36-23-28(30-33-25-15-7-8-16-26(25)34-30)35(20-10-9-18-31)27-17-11-13-24-14-12-19-32-29(24)27/h7-8,12,14-16,19,27-28H,4-6,9-11,13,17-18,20-23,31H2,1-3H3,(H,33,34). The number of fused-ring (bicyclic) bond motifs is 2. The third-order valence-electron chi connectivity index (χ3n) is 8.86. The van der Waals surface area contributed by atoms with Crippen LogP contribution in [0.25, 0.3) is 11.0 Å². The SMILES string of the molecule is CC[Si](CC)(CC)CCOCC(c1nc2ccccc2[nH]1)N(CCCCN)C1CCCc2cccnc21. The summed E-state index contributed by atoms with van der Waals surface area (Å²) in [7, 11) is -1.21. The summed E-state index contributed by atoms with van der Waals surface area (Å²) in [5.41, 5.74) is 10.6. The molecule has 37 heavy (non-hydrogen) atoms. The Morgan fingerprint density at radius 2 is 1.92 bits per heavy atom. The first kappa shape index (κ1) is 28.0. The van der Waals surface area contributed by atoms with Gasteiger partial charge in [-0.1, -0.05) is 57.1 Å². The number of aryl methyl sites for hydroxylation is 1. The average molecular weight is 522 g/mol. The Hall–Kier alpha value is -2.06. The van der Waals surface area contributed by atoms with Gasteiger partial charge in [0, 0.05) is 12.8 Å². The number of H-pyrrole nitrogens is 1. The van der Waals surface area contributed by atoms with Crippen LogP contribution in [-0.4, -0.2) is 54.2 Å². The van der Waals surface area contributed by atoms with Crippen LogP contribution in [0.2, 0.25) is 24.2 Å². The zero-order valence-electron chi connectivity index (χ0n) is 23.2. The van der Waals surface area contributed by atoms with Gasteiger partial charge in [0.15, 0.2) is 0 Å². The van der Waals surface area contributed by atoms with E-state index in [0.29, 0.717) is 6.61 Å². The van der Waals surface area contributed by atoms with E-state index in [9.17, 15) is 0 Å². The summed E-state index contributed by atoms with van der Waals surface area (Å²) >= 11 is 0. The van der Waals surface area contributed by atoms with Gasteiger partial charge in [0.1, 0.15) is 5.82 Å². The maximum atomic E-state index is 6.56. The van der Waals surface area contributed by atoms with E-state index in [0.717, 1.165) is 62.2 Å². The zero-order chi connectivity index (χ0) is 26.1. The van der Waals surface area contributed by atoms with Gasteiger partial charge in [-0.15, -0.1) is 0 Å². The van der Waals surface area contributed by atoms with E-state index in [1.54, 1.807) is 0 Å². The van der Waals surface area contributed by atoms with Crippen LogP contribution in [0.15, 0.2) is 42.6 Å². The Kier molecular flexibility index (Phi) is 10.3. The molecule has 7 heteroatoms. The van der Waals surface area contributed by atoms with Crippen molar-refractivity contribution in [3.05, 3.63) is 59.7 Å². The first-order chi connectivity index (χ1) is 18.1. The number of unbranched alkanes of at least 4 members (excludes halogenated alkanes) is 1. The van der Waals surface area contributed by atoms with Crippen LogP contribution < -0.4 is 5.73 Å². The average Bonchev–Trinajstić information content (AvgIpc) is 3.38. The molecule has 1 aliphatic rings. The first-order valence-corrected chi connectivity index (χ1v) is 17.4. The molecule has 1 aromatic carbocycles. The highest BCUT2D eigenvalue weighted by Gasteiger charge is 2.34. The number of nitrogens with one attached hydrogen (secondary N) is 1. The number of benzene rings is 1. The highest BCUT2D eigenvalue weighted by Crippen LogP contribution is 2.38. The molecule has 0 radical (unpaired) electrons. The lowest BCUT2D eigenvalue weighted by Gasteiger charge is -2.39. The van der Waals surface area contributed by atoms with E-state index in [2.05, 4.69) is 67.1 Å². The van der Waals surface area contributed by atoms with Gasteiger partial charge in [-0.3, -0.25) is 9.88 Å². The van der Waals surface area contributed by atoms with Crippen LogP contribution in [-0.2, 0) is 11.2 Å². The van der Waals surface area contributed by atoms with Crippen molar-refractivity contribution >= 4 is 19.1 Å². The van der Waals surface area contributed by atoms with Crippen LogP contribution in [0, 0.1) is 0 Å². The van der Waals surface area contributed by atoms with E-state index in [4.69, 9.17) is 20.4 Å². The molecule has 2 heterocycles. The fourth-order valence-corrected chi connectivity index (χ4v) is 9.24. The highest BCUT2D eigenvalue weighted by atomic mass is 28.3. The van der Waals surface area contributed by atoms with Crippen LogP contribution in [0.3, 0.4) is 0 Å². The van der Waals surface area contributed by atoms with Crippen molar-refractivity contribution in [1.82, 2.24) is 19.9 Å². The third kappa shape index (κ3) is 6.69. The first-order valence-electron chi connectivity index (χ1n) is 14.6. The molecule has 2 aromatic heterocycles. The van der Waals surface area contributed by atoms with Crippen LogP contribution in [0.5, 0.6) is 0 Å². The van der Waals surface area contributed by atoms with E-state index in [1.165, 1.54) is 41.9 Å². The van der Waals surface area contributed by atoms with Crippen molar-refractivity contribution in [3.63, 3.8) is 0 Å². The minimum Gasteiger partial charge on any atom is -0.380 e. The summed E-state index contributed by atoms with van der Waals surface area (Å²) in [6.45, 7) is 10.3. The number of para-hydroxylation sites is 2. The second-order valence-corrected chi connectivity index (χ2v) is 16.4. The fourth-order valence-electron chi connectivity index (χ4n) is 6.10. The minimum absolute atomic E-state index is 0.0454. The Morgan fingerprint density at radius 3 is 2.68 bits per heavy atom. The molecule has 0 saturated carbocycles. The summed E-state index contributed by atoms with van der Waals surface area (Å²) in [4.78, 5) is 16.3. The van der Waals surface area contributed by atoms with E-state index in [-0.39, 0.29) is 12.1 Å². The molecule has 0 aliphatic heterocycles. The molecule has 0 bridgehead atoms. The molecule has 4 rings (SSSR count). The molecule has 1 aliphatic carbocycles. The number of nitrogens with two attached hydrogens (primary N) is 1. The molecule has 2 unspecified atom stereocenters. The van der Waals surface area contributed by atoms with Crippen LogP contribution in [0.1, 0.15) is 75.6 Å². The Labute approximate surface area is 224 Å². The smallest absolute Gasteiger partial charge is 0.127 e. The molecule has 3 aromatic rings. The quantitative estimate of drug-likeness (QED) is 0.173. The van der Waals surface area contributed by atoms with E-state index in [1.807, 2.05) is 6.20 Å². The van der Waals surface area contributed by atoms with Crippen molar-refractivity contribution in [2.75, 3.05) is 26.3 Å². The number of aromatic amines is 1. The Bertz CT molecular complexity index is 1060. The maximum absolute atomic E-state index is 6.56. The largest absolute Gasteiger partial charge is 0.380 e. The number of imidazole rings is 1. The predicted octanol–water partition coefficient (Wildman–Crippen LogP) is 6.64. The van der Waals surface area contributed by atoms with E-state index < -0.39 is 8.07 Å². The lowest BCUT2D eigenvalue weighted by Crippen LogP contribution is -2.39. The molecule has 2 atom stereocenters. The number of hydrogen-bond donors (Lipinski definition) is 2. The predicted molar refractivity (Wildman–Crippen MR) is 157 cm³/mol. The van der Waals surface area contributed by atoms with Crippen molar-refractivity contribution < 1.29 is 4.74 Å². The van der Waals surface area contributed by atoms with Gasteiger partial charge in [-0.2, -0.15) is 0 Å². The molecule has 6 nitrogen and oxygen atoms in total. The second kappa shape index (κ2) is 13.6. The van der Waals surface area contributed by atoms with Crippen molar-refractivity contribution in [1.29, 1.82) is 0 Å². The molecule has 0 amide bonds. The summed E-state index contributed by atoms with van der Waals surface area (Å²) in [5.74, 6) is 1.00. The lowest BCUT2D eigenvalue weighted by atomic mass is 9.89. The summed E-state index contributed by atoms with van der Waals surface area (Å²) < 4.78 is 6.56. The third-order valence-corrected chi connectivity index (χ3v) is 14.6. The topological polar surface area (TPSA) is 80.1 Å². The van der Waals surface area contributed by atoms with Crippen LogP contribution in [0.4, 0.5) is 0 Å². The van der Waals surface area contributed by atoms with Gasteiger partial charge in [0.05, 0.1) is 43.5 Å². The Balaban J connectivity index is 1.64. The van der Waals surface area contributed by atoms with Gasteiger partial charge in [-0.25, -0.2) is 4.98 Å². The number of ether oxygens (including phenoxy) is 1. The number of pyridine rings is 1. The van der Waals surface area contributed by atoms with Gasteiger partial charge in [0.25, 0.3) is 0 Å². The summed E-state index contributed by atoms with van der Waals surface area (Å²) in [5, 5.41) is 0. The van der Waals surface area contributed by atoms with Gasteiger partial charge < -0.3 is 15.5 Å². The number of rotatable bonds is 15. The van der Waals surface area contributed by atoms with E-state index >= 15 is 0 Å². The second-order valence-electron chi connectivity index (χ2n) is 10.7. The lowest BCUT2D eigenvalue weighted by molar-refractivity contribution is 0.0299. The van der Waals surface area contributed by atoms with Crippen molar-refractivity contribution in [2.45, 2.75) is 89.1 Å². The highest BCUT2D eigenvalue weighted by molar-refractivity contribution is 6.79. The molecular weight excluding hydrogens is 474 g/mol. The molecule has 202 valence electrons. The number of hydrogen-bond acceptors (Lipinski definition) is 5. The number of aromatic nitrogens is 3. The molecule has 0 saturated heterocycles. The fraction of sp³-hybridized carbons (Fsp3) is 0.600. The summed E-state index contributed by atoms with van der Waals surface area (Å²) in [6.07, 6.45) is 7.43. The van der Waals surface area contributed by atoms with Gasteiger partial charge in [-0.05, 0) is 75.0 Å². The van der Waals surface area contributed by atoms with Crippen molar-refractivity contribution in [3.8, 4) is 0 Å². The van der Waals surface area contributed by atoms with Gasteiger partial charge >= 0.3 is 0 Å². The monoisotopic (exact) mass is 521 g/mol. The van der Waals surface area contributed by atoms with Crippen LogP contribution >= 0.6 is 0 Å². The molecular formula is C30H47N5OSi. The minimum atomic E-state index is -1.21. The molecule has 3 N–H and O–H groups in total. The summed E-state index contributed by atoms with van der Waals surface area (Å²) in [6, 6.07) is 18.2.